The number of rotatable bonds is 3. The van der Waals surface area contributed by atoms with Gasteiger partial charge in [0, 0.05) is 25.7 Å². The van der Waals surface area contributed by atoms with Crippen molar-refractivity contribution in [2.24, 2.45) is 5.92 Å². The second-order valence-corrected chi connectivity index (χ2v) is 3.79. The van der Waals surface area contributed by atoms with E-state index in [1.54, 1.807) is 0 Å². The molecular weight excluding hydrogens is 136 g/mol. The number of likely N-dealkylation sites (tertiary alicyclic amines) is 1. The van der Waals surface area contributed by atoms with Crippen LogP contribution in [0.25, 0.3) is 0 Å². The first-order valence-corrected chi connectivity index (χ1v) is 4.62. The van der Waals surface area contributed by atoms with Crippen molar-refractivity contribution >= 4 is 0 Å². The standard InChI is InChI=1S/C9H20N2/c1-8-6-9(2)11(7-8)5-4-10-3/h8-10H,4-7H2,1-3H3. The van der Waals surface area contributed by atoms with Gasteiger partial charge < -0.3 is 5.32 Å². The van der Waals surface area contributed by atoms with Crippen molar-refractivity contribution in [3.05, 3.63) is 0 Å². The van der Waals surface area contributed by atoms with Gasteiger partial charge in [-0.2, -0.15) is 0 Å². The lowest BCUT2D eigenvalue weighted by molar-refractivity contribution is 0.267. The Labute approximate surface area is 70.0 Å². The highest BCUT2D eigenvalue weighted by Crippen LogP contribution is 2.21. The van der Waals surface area contributed by atoms with Crippen LogP contribution in [0.3, 0.4) is 0 Å². The molecule has 2 atom stereocenters. The van der Waals surface area contributed by atoms with Gasteiger partial charge in [0.2, 0.25) is 0 Å². The van der Waals surface area contributed by atoms with E-state index in [0.29, 0.717) is 0 Å². The topological polar surface area (TPSA) is 15.3 Å². The minimum Gasteiger partial charge on any atom is -0.318 e. The van der Waals surface area contributed by atoms with Crippen molar-refractivity contribution in [3.63, 3.8) is 0 Å². The van der Waals surface area contributed by atoms with Crippen molar-refractivity contribution in [3.8, 4) is 0 Å². The first kappa shape index (κ1) is 9.01. The van der Waals surface area contributed by atoms with Gasteiger partial charge in [0.15, 0.2) is 0 Å². The fourth-order valence-corrected chi connectivity index (χ4v) is 1.95. The Balaban J connectivity index is 2.23. The summed E-state index contributed by atoms with van der Waals surface area (Å²) in [7, 11) is 2.02. The summed E-state index contributed by atoms with van der Waals surface area (Å²) in [6, 6.07) is 0.804. The summed E-state index contributed by atoms with van der Waals surface area (Å²) in [5.74, 6) is 0.904. The fraction of sp³-hybridized carbons (Fsp3) is 1.00. The molecule has 1 rings (SSSR count). The number of hydrogen-bond acceptors (Lipinski definition) is 2. The number of nitrogens with one attached hydrogen (secondary N) is 1. The Morgan fingerprint density at radius 1 is 1.45 bits per heavy atom. The molecule has 11 heavy (non-hydrogen) atoms. The Kier molecular flexibility index (Phi) is 3.34. The molecule has 1 heterocycles. The smallest absolute Gasteiger partial charge is 0.0110 e. The normalized spacial score (nSPS) is 33.0. The molecule has 1 aliphatic rings. The molecule has 0 aromatic carbocycles. The molecule has 1 fully saturated rings. The minimum absolute atomic E-state index is 0.804. The van der Waals surface area contributed by atoms with Crippen molar-refractivity contribution in [2.75, 3.05) is 26.7 Å². The molecule has 1 saturated heterocycles. The van der Waals surface area contributed by atoms with Crippen LogP contribution in [-0.4, -0.2) is 37.6 Å². The number of nitrogens with zero attached hydrogens (tertiary/aromatic N) is 1. The quantitative estimate of drug-likeness (QED) is 0.654. The molecule has 2 nitrogen and oxygen atoms in total. The van der Waals surface area contributed by atoms with E-state index in [-0.39, 0.29) is 0 Å². The summed E-state index contributed by atoms with van der Waals surface area (Å²) < 4.78 is 0. The molecule has 2 heteroatoms. The van der Waals surface area contributed by atoms with E-state index < -0.39 is 0 Å². The van der Waals surface area contributed by atoms with E-state index in [4.69, 9.17) is 0 Å². The Hall–Kier alpha value is -0.0800. The Morgan fingerprint density at radius 3 is 2.64 bits per heavy atom. The summed E-state index contributed by atoms with van der Waals surface area (Å²) >= 11 is 0. The molecule has 0 spiro atoms. The van der Waals surface area contributed by atoms with Crippen LogP contribution in [0.5, 0.6) is 0 Å². The Morgan fingerprint density at radius 2 is 2.18 bits per heavy atom. The largest absolute Gasteiger partial charge is 0.318 e. The van der Waals surface area contributed by atoms with E-state index in [0.717, 1.165) is 18.5 Å². The molecule has 0 aliphatic carbocycles. The van der Waals surface area contributed by atoms with Crippen molar-refractivity contribution < 1.29 is 0 Å². The summed E-state index contributed by atoms with van der Waals surface area (Å²) in [6.45, 7) is 8.30. The second kappa shape index (κ2) is 4.07. The van der Waals surface area contributed by atoms with Crippen molar-refractivity contribution in [2.45, 2.75) is 26.3 Å². The lowest BCUT2D eigenvalue weighted by atomic mass is 10.1. The van der Waals surface area contributed by atoms with Gasteiger partial charge in [-0.1, -0.05) is 6.92 Å². The van der Waals surface area contributed by atoms with Crippen molar-refractivity contribution in [1.29, 1.82) is 0 Å². The molecule has 1 N–H and O–H groups in total. The van der Waals surface area contributed by atoms with Crippen LogP contribution in [0, 0.1) is 5.92 Å². The monoisotopic (exact) mass is 156 g/mol. The maximum atomic E-state index is 3.19. The molecule has 1 aliphatic heterocycles. The van der Waals surface area contributed by atoms with Gasteiger partial charge in [0.25, 0.3) is 0 Å². The van der Waals surface area contributed by atoms with Crippen LogP contribution < -0.4 is 5.32 Å². The third-order valence-corrected chi connectivity index (χ3v) is 2.56. The number of hydrogen-bond donors (Lipinski definition) is 1. The predicted octanol–water partition coefficient (Wildman–Crippen LogP) is 0.936. The van der Waals surface area contributed by atoms with Crippen LogP contribution in [0.15, 0.2) is 0 Å². The first-order chi connectivity index (χ1) is 5.24. The summed E-state index contributed by atoms with van der Waals surface area (Å²) in [4.78, 5) is 2.57. The highest BCUT2D eigenvalue weighted by molar-refractivity contribution is 4.79. The van der Waals surface area contributed by atoms with Gasteiger partial charge in [0.1, 0.15) is 0 Å². The lowest BCUT2D eigenvalue weighted by Gasteiger charge is -2.20. The van der Waals surface area contributed by atoms with Gasteiger partial charge in [-0.05, 0) is 26.3 Å². The second-order valence-electron chi connectivity index (χ2n) is 3.79. The zero-order valence-corrected chi connectivity index (χ0v) is 7.93. The minimum atomic E-state index is 0.804. The van der Waals surface area contributed by atoms with Gasteiger partial charge in [-0.3, -0.25) is 4.90 Å². The first-order valence-electron chi connectivity index (χ1n) is 4.62. The van der Waals surface area contributed by atoms with Gasteiger partial charge in [-0.25, -0.2) is 0 Å². The summed E-state index contributed by atoms with van der Waals surface area (Å²) in [6.07, 6.45) is 1.38. The van der Waals surface area contributed by atoms with E-state index in [1.807, 2.05) is 7.05 Å². The van der Waals surface area contributed by atoms with E-state index >= 15 is 0 Å². The Bertz CT molecular complexity index is 114. The van der Waals surface area contributed by atoms with Crippen LogP contribution in [0.2, 0.25) is 0 Å². The molecule has 0 aromatic heterocycles. The SMILES string of the molecule is CNCCN1CC(C)CC1C. The fourth-order valence-electron chi connectivity index (χ4n) is 1.95. The molecule has 0 aromatic rings. The van der Waals surface area contributed by atoms with Crippen LogP contribution >= 0.6 is 0 Å². The van der Waals surface area contributed by atoms with E-state index in [2.05, 4.69) is 24.1 Å². The van der Waals surface area contributed by atoms with Gasteiger partial charge in [0.05, 0.1) is 0 Å². The predicted molar refractivity (Wildman–Crippen MR) is 48.7 cm³/mol. The highest BCUT2D eigenvalue weighted by atomic mass is 15.2. The molecule has 0 radical (unpaired) electrons. The third kappa shape index (κ3) is 2.46. The van der Waals surface area contributed by atoms with Crippen LogP contribution in [0.4, 0.5) is 0 Å². The average molecular weight is 156 g/mol. The molecular formula is C9H20N2. The molecule has 0 saturated carbocycles. The third-order valence-electron chi connectivity index (χ3n) is 2.56. The molecule has 2 unspecified atom stereocenters. The van der Waals surface area contributed by atoms with E-state index in [9.17, 15) is 0 Å². The maximum Gasteiger partial charge on any atom is 0.0110 e. The highest BCUT2D eigenvalue weighted by Gasteiger charge is 2.24. The zero-order chi connectivity index (χ0) is 8.27. The zero-order valence-electron chi connectivity index (χ0n) is 7.93. The lowest BCUT2D eigenvalue weighted by Crippen LogP contribution is -2.33. The summed E-state index contributed by atoms with van der Waals surface area (Å²) in [5.41, 5.74) is 0. The van der Waals surface area contributed by atoms with Crippen molar-refractivity contribution in [1.82, 2.24) is 10.2 Å². The van der Waals surface area contributed by atoms with Crippen LogP contribution in [-0.2, 0) is 0 Å². The average Bonchev–Trinajstić information content (AvgIpc) is 2.26. The number of likely N-dealkylation sites (N-methyl/N-ethyl adjacent to an activating group) is 1. The summed E-state index contributed by atoms with van der Waals surface area (Å²) in [5, 5.41) is 3.19. The molecule has 66 valence electrons. The molecule has 0 bridgehead atoms. The maximum absolute atomic E-state index is 3.19. The molecule has 0 amide bonds. The van der Waals surface area contributed by atoms with Gasteiger partial charge >= 0.3 is 0 Å². The van der Waals surface area contributed by atoms with E-state index in [1.165, 1.54) is 19.5 Å². The van der Waals surface area contributed by atoms with Crippen LogP contribution in [0.1, 0.15) is 20.3 Å². The van der Waals surface area contributed by atoms with Gasteiger partial charge in [-0.15, -0.1) is 0 Å².